The Morgan fingerprint density at radius 1 is 1.08 bits per heavy atom. The van der Waals surface area contributed by atoms with Crippen LogP contribution in [0.4, 0.5) is 19.0 Å². The molecule has 0 aliphatic carbocycles. The third-order valence-corrected chi connectivity index (χ3v) is 4.30. The maximum Gasteiger partial charge on any atom is 0.419 e. The predicted molar refractivity (Wildman–Crippen MR) is 90.3 cm³/mol. The first kappa shape index (κ1) is 18.0. The highest BCUT2D eigenvalue weighted by molar-refractivity contribution is 5.94. The number of aromatic nitrogens is 1. The molecule has 2 heterocycles. The van der Waals surface area contributed by atoms with Gasteiger partial charge >= 0.3 is 6.18 Å². The van der Waals surface area contributed by atoms with Crippen LogP contribution in [0.3, 0.4) is 0 Å². The van der Waals surface area contributed by atoms with Crippen molar-refractivity contribution in [3.63, 3.8) is 0 Å². The quantitative estimate of drug-likeness (QED) is 0.839. The van der Waals surface area contributed by atoms with Gasteiger partial charge in [0.2, 0.25) is 0 Å². The molecule has 0 unspecified atom stereocenters. The number of piperazine rings is 1. The van der Waals surface area contributed by atoms with E-state index in [1.54, 1.807) is 41.2 Å². The van der Waals surface area contributed by atoms with Gasteiger partial charge in [-0.2, -0.15) is 13.2 Å². The monoisotopic (exact) mass is 365 g/mol. The average molecular weight is 365 g/mol. The molecule has 1 saturated heterocycles. The van der Waals surface area contributed by atoms with Crippen molar-refractivity contribution in [2.45, 2.75) is 6.18 Å². The number of halogens is 3. The Hall–Kier alpha value is -2.77. The van der Waals surface area contributed by atoms with Crippen LogP contribution in [0.5, 0.6) is 5.75 Å². The third kappa shape index (κ3) is 3.74. The van der Waals surface area contributed by atoms with E-state index in [9.17, 15) is 18.0 Å². The molecule has 2 aromatic rings. The van der Waals surface area contributed by atoms with Gasteiger partial charge in [-0.3, -0.25) is 4.79 Å². The Morgan fingerprint density at radius 2 is 1.73 bits per heavy atom. The van der Waals surface area contributed by atoms with E-state index < -0.39 is 11.7 Å². The van der Waals surface area contributed by atoms with Crippen LogP contribution in [0.1, 0.15) is 15.9 Å². The number of carbonyl (C=O) groups is 1. The first-order valence-corrected chi connectivity index (χ1v) is 8.10. The van der Waals surface area contributed by atoms with Crippen molar-refractivity contribution in [2.75, 3.05) is 38.2 Å². The molecule has 1 aromatic carbocycles. The van der Waals surface area contributed by atoms with Gasteiger partial charge in [0, 0.05) is 37.9 Å². The summed E-state index contributed by atoms with van der Waals surface area (Å²) in [6, 6.07) is 9.05. The maximum absolute atomic E-state index is 13.2. The molecule has 0 bridgehead atoms. The molecule has 1 aromatic heterocycles. The van der Waals surface area contributed by atoms with Crippen LogP contribution < -0.4 is 9.64 Å². The standard InChI is InChI=1S/C18H18F3N3O2/c1-26-14-6-4-13(5-7-14)17(25)24-11-9-23(10-12-24)16-15(18(19,20)21)3-2-8-22-16/h2-8H,9-12H2,1H3. The zero-order chi connectivity index (χ0) is 18.7. The number of nitrogens with zero attached hydrogens (tertiary/aromatic N) is 3. The molecule has 0 N–H and O–H groups in total. The molecule has 1 aliphatic heterocycles. The van der Waals surface area contributed by atoms with Gasteiger partial charge in [-0.1, -0.05) is 0 Å². The van der Waals surface area contributed by atoms with Crippen LogP contribution in [0, 0.1) is 0 Å². The summed E-state index contributed by atoms with van der Waals surface area (Å²) in [4.78, 5) is 19.6. The normalized spacial score (nSPS) is 15.1. The summed E-state index contributed by atoms with van der Waals surface area (Å²) >= 11 is 0. The van der Waals surface area contributed by atoms with E-state index in [4.69, 9.17) is 4.74 Å². The molecule has 0 spiro atoms. The Kier molecular flexibility index (Phi) is 5.01. The first-order valence-electron chi connectivity index (χ1n) is 8.10. The van der Waals surface area contributed by atoms with Crippen LogP contribution in [-0.4, -0.2) is 49.1 Å². The molecule has 3 rings (SSSR count). The van der Waals surface area contributed by atoms with Crippen molar-refractivity contribution < 1.29 is 22.7 Å². The summed E-state index contributed by atoms with van der Waals surface area (Å²) in [6.45, 7) is 1.25. The van der Waals surface area contributed by atoms with E-state index >= 15 is 0 Å². The number of rotatable bonds is 3. The van der Waals surface area contributed by atoms with E-state index in [-0.39, 0.29) is 11.7 Å². The minimum atomic E-state index is -4.46. The number of carbonyl (C=O) groups excluding carboxylic acids is 1. The van der Waals surface area contributed by atoms with Crippen LogP contribution in [0.15, 0.2) is 42.6 Å². The summed E-state index contributed by atoms with van der Waals surface area (Å²) in [5, 5.41) is 0. The summed E-state index contributed by atoms with van der Waals surface area (Å²) in [6.07, 6.45) is -3.11. The average Bonchev–Trinajstić information content (AvgIpc) is 2.67. The molecule has 1 fully saturated rings. The number of benzene rings is 1. The van der Waals surface area contributed by atoms with Crippen molar-refractivity contribution in [2.24, 2.45) is 0 Å². The van der Waals surface area contributed by atoms with Crippen LogP contribution in [0.2, 0.25) is 0 Å². The minimum Gasteiger partial charge on any atom is -0.497 e. The Labute approximate surface area is 149 Å². The van der Waals surface area contributed by atoms with Gasteiger partial charge in [0.1, 0.15) is 11.6 Å². The second kappa shape index (κ2) is 7.23. The molecule has 0 atom stereocenters. The smallest absolute Gasteiger partial charge is 0.419 e. The first-order chi connectivity index (χ1) is 12.4. The van der Waals surface area contributed by atoms with Gasteiger partial charge in [0.15, 0.2) is 0 Å². The highest BCUT2D eigenvalue weighted by Gasteiger charge is 2.36. The minimum absolute atomic E-state index is 0.0865. The largest absolute Gasteiger partial charge is 0.497 e. The Morgan fingerprint density at radius 3 is 2.31 bits per heavy atom. The number of hydrogen-bond donors (Lipinski definition) is 0. The molecular formula is C18H18F3N3O2. The van der Waals surface area contributed by atoms with Gasteiger partial charge in [0.25, 0.3) is 5.91 Å². The number of ether oxygens (including phenoxy) is 1. The number of methoxy groups -OCH3 is 1. The van der Waals surface area contributed by atoms with E-state index in [0.29, 0.717) is 37.5 Å². The lowest BCUT2D eigenvalue weighted by molar-refractivity contribution is -0.137. The van der Waals surface area contributed by atoms with E-state index in [0.717, 1.165) is 6.07 Å². The molecule has 5 nitrogen and oxygen atoms in total. The summed E-state index contributed by atoms with van der Waals surface area (Å²) < 4.78 is 44.5. The van der Waals surface area contributed by atoms with Gasteiger partial charge in [-0.15, -0.1) is 0 Å². The third-order valence-electron chi connectivity index (χ3n) is 4.30. The van der Waals surface area contributed by atoms with E-state index in [1.807, 2.05) is 0 Å². The number of anilines is 1. The lowest BCUT2D eigenvalue weighted by Gasteiger charge is -2.36. The SMILES string of the molecule is COc1ccc(C(=O)N2CCN(c3ncccc3C(F)(F)F)CC2)cc1. The van der Waals surface area contributed by atoms with E-state index in [2.05, 4.69) is 4.98 Å². The van der Waals surface area contributed by atoms with Crippen molar-refractivity contribution >= 4 is 11.7 Å². The van der Waals surface area contributed by atoms with Crippen molar-refractivity contribution in [1.82, 2.24) is 9.88 Å². The van der Waals surface area contributed by atoms with Gasteiger partial charge < -0.3 is 14.5 Å². The summed E-state index contributed by atoms with van der Waals surface area (Å²) in [5.41, 5.74) is -0.233. The Balaban J connectivity index is 1.69. The maximum atomic E-state index is 13.2. The molecule has 138 valence electrons. The summed E-state index contributed by atoms with van der Waals surface area (Å²) in [7, 11) is 1.54. The highest BCUT2D eigenvalue weighted by Crippen LogP contribution is 2.35. The zero-order valence-corrected chi connectivity index (χ0v) is 14.2. The summed E-state index contributed by atoms with van der Waals surface area (Å²) in [5.74, 6) is 0.419. The fourth-order valence-corrected chi connectivity index (χ4v) is 2.91. The lowest BCUT2D eigenvalue weighted by atomic mass is 10.1. The predicted octanol–water partition coefficient (Wildman–Crippen LogP) is 3.07. The fourth-order valence-electron chi connectivity index (χ4n) is 2.91. The van der Waals surface area contributed by atoms with Gasteiger partial charge in [0.05, 0.1) is 12.7 Å². The fraction of sp³-hybridized carbons (Fsp3) is 0.333. The molecular weight excluding hydrogens is 347 g/mol. The Bertz CT molecular complexity index is 770. The van der Waals surface area contributed by atoms with Crippen LogP contribution >= 0.6 is 0 Å². The zero-order valence-electron chi connectivity index (χ0n) is 14.2. The van der Waals surface area contributed by atoms with E-state index in [1.165, 1.54) is 12.3 Å². The molecule has 26 heavy (non-hydrogen) atoms. The number of alkyl halides is 3. The topological polar surface area (TPSA) is 45.7 Å². The van der Waals surface area contributed by atoms with Crippen molar-refractivity contribution in [1.29, 1.82) is 0 Å². The second-order valence-electron chi connectivity index (χ2n) is 5.88. The number of hydrogen-bond acceptors (Lipinski definition) is 4. The second-order valence-corrected chi connectivity index (χ2v) is 5.88. The molecule has 1 amide bonds. The van der Waals surface area contributed by atoms with Crippen LogP contribution in [0.25, 0.3) is 0 Å². The highest BCUT2D eigenvalue weighted by atomic mass is 19.4. The van der Waals surface area contributed by atoms with Gasteiger partial charge in [-0.25, -0.2) is 4.98 Å². The molecule has 0 radical (unpaired) electrons. The van der Waals surface area contributed by atoms with Crippen LogP contribution in [-0.2, 0) is 6.18 Å². The number of amides is 1. The van der Waals surface area contributed by atoms with Gasteiger partial charge in [-0.05, 0) is 36.4 Å². The molecule has 8 heteroatoms. The van der Waals surface area contributed by atoms with Crippen molar-refractivity contribution in [3.8, 4) is 5.75 Å². The van der Waals surface area contributed by atoms with Crippen molar-refractivity contribution in [3.05, 3.63) is 53.7 Å². The number of pyridine rings is 1. The lowest BCUT2D eigenvalue weighted by Crippen LogP contribution is -2.49. The molecule has 0 saturated carbocycles. The molecule has 1 aliphatic rings.